The third-order valence-corrected chi connectivity index (χ3v) is 8.67. The number of rotatable bonds is 10. The number of nitrogens with one attached hydrogen (secondary N) is 1. The number of sulfonamides is 2. The van der Waals surface area contributed by atoms with Gasteiger partial charge in [-0.05, 0) is 67.0 Å². The van der Waals surface area contributed by atoms with Gasteiger partial charge in [0.05, 0.1) is 16.3 Å². The highest BCUT2D eigenvalue weighted by atomic mass is 32.2. The lowest BCUT2D eigenvalue weighted by atomic mass is 10.0. The molecule has 1 fully saturated rings. The first-order chi connectivity index (χ1) is 16.0. The predicted molar refractivity (Wildman–Crippen MR) is 135 cm³/mol. The summed E-state index contributed by atoms with van der Waals surface area (Å²) in [5.41, 5.74) is 1.93. The lowest BCUT2D eigenvalue weighted by Gasteiger charge is -2.27. The molecule has 2 aromatic carbocycles. The summed E-state index contributed by atoms with van der Waals surface area (Å²) in [4.78, 5) is -0.347. The van der Waals surface area contributed by atoms with E-state index < -0.39 is 20.0 Å². The third kappa shape index (κ3) is 6.50. The quantitative estimate of drug-likeness (QED) is 0.505. The van der Waals surface area contributed by atoms with Gasteiger partial charge in [0.15, 0.2) is 0 Å². The molecule has 10 heteroatoms. The number of aryl methyl sites for hydroxylation is 1. The molecule has 0 amide bonds. The first-order valence-electron chi connectivity index (χ1n) is 11.6. The molecule has 0 aliphatic carbocycles. The van der Waals surface area contributed by atoms with Gasteiger partial charge in [-0.3, -0.25) is 4.31 Å². The molecular weight excluding hydrogens is 474 g/mol. The minimum atomic E-state index is -4.16. The van der Waals surface area contributed by atoms with Gasteiger partial charge >= 0.3 is 0 Å². The van der Waals surface area contributed by atoms with E-state index in [1.165, 1.54) is 16.4 Å². The number of ether oxygens (including phenoxy) is 1. The van der Waals surface area contributed by atoms with Gasteiger partial charge in [0, 0.05) is 26.3 Å². The van der Waals surface area contributed by atoms with Crippen LogP contribution < -0.4 is 14.8 Å². The van der Waals surface area contributed by atoms with Crippen molar-refractivity contribution >= 4 is 31.4 Å². The van der Waals surface area contributed by atoms with Crippen LogP contribution in [0.2, 0.25) is 0 Å². The van der Waals surface area contributed by atoms with Gasteiger partial charge in [0.1, 0.15) is 4.90 Å². The van der Waals surface area contributed by atoms with E-state index in [0.717, 1.165) is 30.9 Å². The van der Waals surface area contributed by atoms with Crippen LogP contribution in [0, 0.1) is 11.8 Å². The smallest absolute Gasteiger partial charge is 0.264 e. The fourth-order valence-electron chi connectivity index (χ4n) is 3.95. The number of anilines is 2. The van der Waals surface area contributed by atoms with Crippen molar-refractivity contribution in [3.05, 3.63) is 48.0 Å². The van der Waals surface area contributed by atoms with Crippen molar-refractivity contribution in [3.8, 4) is 0 Å². The SMILES string of the molecule is CCc1ccc(N(CC(C)C)S(=O)(=O)c2ccc(NCC3CCOCC3)c(S(N)(=O)=O)c2)cc1. The van der Waals surface area contributed by atoms with Crippen LogP contribution in [0.5, 0.6) is 0 Å². The number of nitrogens with zero attached hydrogens (tertiary/aromatic N) is 1. The number of hydrogen-bond acceptors (Lipinski definition) is 6. The Hall–Kier alpha value is -2.14. The molecule has 2 aromatic rings. The van der Waals surface area contributed by atoms with E-state index in [2.05, 4.69) is 5.32 Å². The second-order valence-electron chi connectivity index (χ2n) is 9.09. The zero-order valence-electron chi connectivity index (χ0n) is 20.0. The molecule has 188 valence electrons. The standard InChI is InChI=1S/C24H35N3O5S2/c1-4-19-5-7-21(8-6-19)27(17-18(2)3)34(30,31)22-9-10-23(24(15-22)33(25,28)29)26-16-20-11-13-32-14-12-20/h5-10,15,18,20,26H,4,11-14,16-17H2,1-3H3,(H2,25,28,29). The van der Waals surface area contributed by atoms with Gasteiger partial charge < -0.3 is 10.1 Å². The van der Waals surface area contributed by atoms with Crippen molar-refractivity contribution in [3.63, 3.8) is 0 Å². The molecular formula is C24H35N3O5S2. The molecule has 1 aliphatic rings. The summed E-state index contributed by atoms with van der Waals surface area (Å²) >= 11 is 0. The largest absolute Gasteiger partial charge is 0.384 e. The molecule has 1 aliphatic heterocycles. The van der Waals surface area contributed by atoms with Gasteiger partial charge in [0.25, 0.3) is 10.0 Å². The zero-order chi connectivity index (χ0) is 24.9. The van der Waals surface area contributed by atoms with Crippen molar-refractivity contribution in [2.45, 2.75) is 49.8 Å². The fourth-order valence-corrected chi connectivity index (χ4v) is 6.42. The highest BCUT2D eigenvalue weighted by molar-refractivity contribution is 7.93. The lowest BCUT2D eigenvalue weighted by molar-refractivity contribution is 0.0699. The summed E-state index contributed by atoms with van der Waals surface area (Å²) in [6.45, 7) is 8.06. The third-order valence-electron chi connectivity index (χ3n) is 5.93. The molecule has 0 spiro atoms. The van der Waals surface area contributed by atoms with E-state index in [1.54, 1.807) is 12.1 Å². The first-order valence-corrected chi connectivity index (χ1v) is 14.6. The van der Waals surface area contributed by atoms with E-state index in [-0.39, 0.29) is 22.3 Å². The molecule has 1 heterocycles. The lowest BCUT2D eigenvalue weighted by Crippen LogP contribution is -2.34. The first kappa shape index (κ1) is 26.5. The number of nitrogens with two attached hydrogens (primary N) is 1. The van der Waals surface area contributed by atoms with Crippen LogP contribution >= 0.6 is 0 Å². The average molecular weight is 510 g/mol. The van der Waals surface area contributed by atoms with E-state index in [4.69, 9.17) is 9.88 Å². The minimum absolute atomic E-state index is 0.0544. The van der Waals surface area contributed by atoms with E-state index >= 15 is 0 Å². The summed E-state index contributed by atoms with van der Waals surface area (Å²) in [6, 6.07) is 11.4. The van der Waals surface area contributed by atoms with Gasteiger partial charge in [-0.15, -0.1) is 0 Å². The minimum Gasteiger partial charge on any atom is -0.384 e. The average Bonchev–Trinajstić information content (AvgIpc) is 2.81. The van der Waals surface area contributed by atoms with Crippen molar-refractivity contribution in [2.75, 3.05) is 35.9 Å². The summed E-state index contributed by atoms with van der Waals surface area (Å²) < 4.78 is 58.8. The Balaban J connectivity index is 1.97. The molecule has 0 radical (unpaired) electrons. The Labute approximate surface area is 203 Å². The number of hydrogen-bond donors (Lipinski definition) is 2. The maximum Gasteiger partial charge on any atom is 0.264 e. The second-order valence-corrected chi connectivity index (χ2v) is 12.5. The van der Waals surface area contributed by atoms with Gasteiger partial charge in [-0.1, -0.05) is 32.9 Å². The van der Waals surface area contributed by atoms with Crippen LogP contribution in [0.1, 0.15) is 39.2 Å². The van der Waals surface area contributed by atoms with Gasteiger partial charge in [-0.2, -0.15) is 0 Å². The van der Waals surface area contributed by atoms with Crippen molar-refractivity contribution in [1.82, 2.24) is 0 Å². The summed E-state index contributed by atoms with van der Waals surface area (Å²) in [5, 5.41) is 8.63. The van der Waals surface area contributed by atoms with Crippen molar-refractivity contribution in [1.29, 1.82) is 0 Å². The van der Waals surface area contributed by atoms with Gasteiger partial charge in [-0.25, -0.2) is 22.0 Å². The topological polar surface area (TPSA) is 119 Å². The Bertz CT molecular complexity index is 1170. The molecule has 1 saturated heterocycles. The van der Waals surface area contributed by atoms with Crippen LogP contribution in [0.25, 0.3) is 0 Å². The maximum atomic E-state index is 13.7. The maximum absolute atomic E-state index is 13.7. The molecule has 0 saturated carbocycles. The Kier molecular flexibility index (Phi) is 8.62. The molecule has 0 unspecified atom stereocenters. The summed E-state index contributed by atoms with van der Waals surface area (Å²) in [7, 11) is -8.20. The van der Waals surface area contributed by atoms with Crippen LogP contribution in [-0.4, -0.2) is 43.1 Å². The Morgan fingerprint density at radius 3 is 2.26 bits per heavy atom. The number of benzene rings is 2. The molecule has 3 N–H and O–H groups in total. The molecule has 0 aromatic heterocycles. The summed E-state index contributed by atoms with van der Waals surface area (Å²) in [6.07, 6.45) is 2.60. The van der Waals surface area contributed by atoms with Gasteiger partial charge in [0.2, 0.25) is 10.0 Å². The number of primary sulfonamides is 1. The van der Waals surface area contributed by atoms with Crippen molar-refractivity contribution < 1.29 is 21.6 Å². The van der Waals surface area contributed by atoms with Crippen molar-refractivity contribution in [2.24, 2.45) is 17.0 Å². The molecule has 0 atom stereocenters. The monoisotopic (exact) mass is 509 g/mol. The molecule has 8 nitrogen and oxygen atoms in total. The summed E-state index contributed by atoms with van der Waals surface area (Å²) in [5.74, 6) is 0.400. The zero-order valence-corrected chi connectivity index (χ0v) is 21.7. The van der Waals surface area contributed by atoms with Crippen LogP contribution in [0.4, 0.5) is 11.4 Å². The van der Waals surface area contributed by atoms with Crippen LogP contribution in [0.15, 0.2) is 52.3 Å². The fraction of sp³-hybridized carbons (Fsp3) is 0.500. The Morgan fingerprint density at radius 2 is 1.71 bits per heavy atom. The normalized spacial score (nSPS) is 15.4. The molecule has 0 bridgehead atoms. The van der Waals surface area contributed by atoms with Crippen LogP contribution in [0.3, 0.4) is 0 Å². The second kappa shape index (κ2) is 11.1. The highest BCUT2D eigenvalue weighted by Crippen LogP contribution is 2.30. The van der Waals surface area contributed by atoms with E-state index in [9.17, 15) is 16.8 Å². The van der Waals surface area contributed by atoms with Crippen LogP contribution in [-0.2, 0) is 31.2 Å². The Morgan fingerprint density at radius 1 is 1.06 bits per heavy atom. The predicted octanol–water partition coefficient (Wildman–Crippen LogP) is 3.59. The highest BCUT2D eigenvalue weighted by Gasteiger charge is 2.28. The molecule has 34 heavy (non-hydrogen) atoms. The van der Waals surface area contributed by atoms with E-state index in [1.807, 2.05) is 32.9 Å². The van der Waals surface area contributed by atoms with E-state index in [0.29, 0.717) is 37.1 Å². The molecule has 3 rings (SSSR count).